The maximum absolute atomic E-state index is 6.58. The Kier molecular flexibility index (Phi) is 3.95. The van der Waals surface area contributed by atoms with Crippen molar-refractivity contribution in [3.05, 3.63) is 29.3 Å². The Bertz CT molecular complexity index is 516. The minimum atomic E-state index is -0.0713. The van der Waals surface area contributed by atoms with Crippen molar-refractivity contribution in [3.8, 4) is 5.75 Å². The van der Waals surface area contributed by atoms with Crippen molar-refractivity contribution in [1.29, 1.82) is 0 Å². The van der Waals surface area contributed by atoms with Gasteiger partial charge in [0.2, 0.25) is 0 Å². The number of hydrogen-bond acceptors (Lipinski definition) is 4. The summed E-state index contributed by atoms with van der Waals surface area (Å²) in [6.45, 7) is 7.05. The minimum Gasteiger partial charge on any atom is -0.497 e. The molecule has 4 nitrogen and oxygen atoms in total. The molecule has 1 fully saturated rings. The first-order chi connectivity index (χ1) is 10.00. The lowest BCUT2D eigenvalue weighted by atomic mass is 9.83. The number of fused-ring (bicyclic) bond motifs is 1. The first-order valence-electron chi connectivity index (χ1n) is 7.80. The van der Waals surface area contributed by atoms with Crippen LogP contribution >= 0.6 is 0 Å². The lowest BCUT2D eigenvalue weighted by Crippen LogP contribution is -2.55. The lowest BCUT2D eigenvalue weighted by Gasteiger charge is -2.45. The summed E-state index contributed by atoms with van der Waals surface area (Å²) in [6.07, 6.45) is 2.18. The minimum absolute atomic E-state index is 0.0713. The van der Waals surface area contributed by atoms with Crippen LogP contribution in [0.2, 0.25) is 0 Å². The van der Waals surface area contributed by atoms with Crippen molar-refractivity contribution < 1.29 is 9.47 Å². The topological polar surface area (TPSA) is 47.7 Å². The molecule has 1 saturated heterocycles. The summed E-state index contributed by atoms with van der Waals surface area (Å²) in [4.78, 5) is 2.52. The second-order valence-corrected chi connectivity index (χ2v) is 6.78. The van der Waals surface area contributed by atoms with Crippen LogP contribution in [-0.2, 0) is 11.2 Å². The van der Waals surface area contributed by atoms with Crippen LogP contribution in [0.5, 0.6) is 5.75 Å². The van der Waals surface area contributed by atoms with Crippen molar-refractivity contribution in [2.75, 3.05) is 26.8 Å². The Morgan fingerprint density at radius 3 is 2.90 bits per heavy atom. The molecular formula is C17H26N2O2. The maximum Gasteiger partial charge on any atom is 0.119 e. The van der Waals surface area contributed by atoms with E-state index >= 15 is 0 Å². The van der Waals surface area contributed by atoms with Gasteiger partial charge < -0.3 is 15.2 Å². The molecule has 21 heavy (non-hydrogen) atoms. The number of hydrogen-bond donors (Lipinski definition) is 1. The molecule has 2 aliphatic rings. The van der Waals surface area contributed by atoms with E-state index in [1.54, 1.807) is 7.11 Å². The van der Waals surface area contributed by atoms with Crippen molar-refractivity contribution >= 4 is 0 Å². The van der Waals surface area contributed by atoms with E-state index in [2.05, 4.69) is 30.9 Å². The number of rotatable bonds is 2. The fourth-order valence-electron chi connectivity index (χ4n) is 3.69. The first kappa shape index (κ1) is 14.8. The van der Waals surface area contributed by atoms with E-state index in [1.165, 1.54) is 11.1 Å². The molecule has 1 aliphatic heterocycles. The summed E-state index contributed by atoms with van der Waals surface area (Å²) in [5.74, 6) is 0.923. The fraction of sp³-hybridized carbons (Fsp3) is 0.647. The van der Waals surface area contributed by atoms with Gasteiger partial charge in [0, 0.05) is 25.2 Å². The SMILES string of the molecule is COc1ccc2c(c1)CCC(N1CCOC(C)(C)C1)C2N. The normalized spacial score (nSPS) is 29.0. The van der Waals surface area contributed by atoms with Crippen LogP contribution in [0.4, 0.5) is 0 Å². The van der Waals surface area contributed by atoms with Crippen LogP contribution in [0.3, 0.4) is 0 Å². The highest BCUT2D eigenvalue weighted by molar-refractivity contribution is 5.40. The third-order valence-electron chi connectivity index (χ3n) is 4.76. The van der Waals surface area contributed by atoms with E-state index < -0.39 is 0 Å². The van der Waals surface area contributed by atoms with Crippen LogP contribution in [0.25, 0.3) is 0 Å². The lowest BCUT2D eigenvalue weighted by molar-refractivity contribution is -0.101. The number of methoxy groups -OCH3 is 1. The Labute approximate surface area is 127 Å². The molecule has 116 valence electrons. The number of benzene rings is 1. The largest absolute Gasteiger partial charge is 0.497 e. The first-order valence-corrected chi connectivity index (χ1v) is 7.80. The number of ether oxygens (including phenoxy) is 2. The summed E-state index contributed by atoms with van der Waals surface area (Å²) in [5.41, 5.74) is 9.12. The van der Waals surface area contributed by atoms with Crippen molar-refractivity contribution in [2.24, 2.45) is 5.73 Å². The van der Waals surface area contributed by atoms with Gasteiger partial charge in [0.1, 0.15) is 5.75 Å². The van der Waals surface area contributed by atoms with Gasteiger partial charge in [0.15, 0.2) is 0 Å². The molecule has 0 saturated carbocycles. The molecule has 1 aliphatic carbocycles. The average molecular weight is 290 g/mol. The molecule has 3 rings (SSSR count). The molecule has 0 aromatic heterocycles. The van der Waals surface area contributed by atoms with Crippen LogP contribution in [-0.4, -0.2) is 43.3 Å². The highest BCUT2D eigenvalue weighted by Crippen LogP contribution is 2.35. The van der Waals surface area contributed by atoms with Gasteiger partial charge in [0.05, 0.1) is 19.3 Å². The Morgan fingerprint density at radius 1 is 1.38 bits per heavy atom. The molecule has 0 radical (unpaired) electrons. The van der Waals surface area contributed by atoms with Gasteiger partial charge in [-0.3, -0.25) is 4.90 Å². The number of aryl methyl sites for hydroxylation is 1. The third-order valence-corrected chi connectivity index (χ3v) is 4.76. The third kappa shape index (κ3) is 2.93. The zero-order valence-electron chi connectivity index (χ0n) is 13.3. The zero-order valence-corrected chi connectivity index (χ0v) is 13.3. The van der Waals surface area contributed by atoms with Crippen molar-refractivity contribution in [1.82, 2.24) is 4.90 Å². The van der Waals surface area contributed by atoms with Gasteiger partial charge in [-0.2, -0.15) is 0 Å². The molecular weight excluding hydrogens is 264 g/mol. The van der Waals surface area contributed by atoms with Crippen LogP contribution in [0.15, 0.2) is 18.2 Å². The number of nitrogens with two attached hydrogens (primary N) is 1. The van der Waals surface area contributed by atoms with Gasteiger partial charge >= 0.3 is 0 Å². The average Bonchev–Trinajstić information content (AvgIpc) is 2.46. The monoisotopic (exact) mass is 290 g/mol. The van der Waals surface area contributed by atoms with Crippen LogP contribution < -0.4 is 10.5 Å². The molecule has 2 atom stereocenters. The summed E-state index contributed by atoms with van der Waals surface area (Å²) in [7, 11) is 1.71. The van der Waals surface area contributed by atoms with Gasteiger partial charge in [-0.1, -0.05) is 6.07 Å². The van der Waals surface area contributed by atoms with E-state index in [0.717, 1.165) is 38.3 Å². The van der Waals surface area contributed by atoms with Gasteiger partial charge in [-0.25, -0.2) is 0 Å². The Morgan fingerprint density at radius 2 is 2.19 bits per heavy atom. The van der Waals surface area contributed by atoms with Crippen LogP contribution in [0, 0.1) is 0 Å². The summed E-state index contributed by atoms with van der Waals surface area (Å²) < 4.78 is 11.1. The molecule has 0 bridgehead atoms. The zero-order chi connectivity index (χ0) is 15.0. The molecule has 4 heteroatoms. The van der Waals surface area contributed by atoms with Gasteiger partial charge in [-0.05, 0) is 49.9 Å². The van der Waals surface area contributed by atoms with E-state index in [9.17, 15) is 0 Å². The highest BCUT2D eigenvalue weighted by Gasteiger charge is 2.36. The summed E-state index contributed by atoms with van der Waals surface area (Å²) >= 11 is 0. The molecule has 0 spiro atoms. The summed E-state index contributed by atoms with van der Waals surface area (Å²) in [5, 5.41) is 0. The molecule has 1 aromatic rings. The highest BCUT2D eigenvalue weighted by atomic mass is 16.5. The van der Waals surface area contributed by atoms with E-state index in [4.69, 9.17) is 15.2 Å². The van der Waals surface area contributed by atoms with Crippen LogP contribution in [0.1, 0.15) is 37.4 Å². The number of morpholine rings is 1. The standard InChI is InChI=1S/C17H26N2O2/c1-17(2)11-19(8-9-21-17)15-7-4-12-10-13(20-3)5-6-14(12)16(15)18/h5-6,10,15-16H,4,7-9,11,18H2,1-3H3. The summed E-state index contributed by atoms with van der Waals surface area (Å²) in [6, 6.07) is 6.78. The fourth-order valence-corrected chi connectivity index (χ4v) is 3.69. The smallest absolute Gasteiger partial charge is 0.119 e. The van der Waals surface area contributed by atoms with E-state index in [1.807, 2.05) is 6.07 Å². The van der Waals surface area contributed by atoms with Crippen molar-refractivity contribution in [2.45, 2.75) is 44.4 Å². The predicted molar refractivity (Wildman–Crippen MR) is 83.6 cm³/mol. The molecule has 2 unspecified atom stereocenters. The maximum atomic E-state index is 6.58. The quantitative estimate of drug-likeness (QED) is 0.906. The molecule has 2 N–H and O–H groups in total. The van der Waals surface area contributed by atoms with Gasteiger partial charge in [-0.15, -0.1) is 0 Å². The molecule has 1 heterocycles. The molecule has 1 aromatic carbocycles. The number of nitrogens with zero attached hydrogens (tertiary/aromatic N) is 1. The molecule has 0 amide bonds. The Hall–Kier alpha value is -1.10. The van der Waals surface area contributed by atoms with E-state index in [0.29, 0.717) is 6.04 Å². The van der Waals surface area contributed by atoms with Gasteiger partial charge in [0.25, 0.3) is 0 Å². The van der Waals surface area contributed by atoms with Crippen molar-refractivity contribution in [3.63, 3.8) is 0 Å². The second-order valence-electron chi connectivity index (χ2n) is 6.78. The predicted octanol–water partition coefficient (Wildman–Crippen LogP) is 2.12. The second kappa shape index (κ2) is 5.59. The van der Waals surface area contributed by atoms with E-state index in [-0.39, 0.29) is 11.6 Å². The Balaban J connectivity index is 1.80.